The van der Waals surface area contributed by atoms with E-state index in [0.717, 1.165) is 34.7 Å². The first-order valence-electron chi connectivity index (χ1n) is 8.92. The SMILES string of the molecule is Cc1c(N)cc(Nc2nccc(C(F)(F)F)n2)cc1-c1cnc(C2(O)CCC2)s1. The Morgan fingerprint density at radius 3 is 2.66 bits per heavy atom. The third-order valence-corrected chi connectivity index (χ3v) is 6.22. The lowest BCUT2D eigenvalue weighted by atomic mass is 9.81. The number of alkyl halides is 3. The maximum absolute atomic E-state index is 12.9. The maximum atomic E-state index is 12.9. The monoisotopic (exact) mass is 421 g/mol. The van der Waals surface area contributed by atoms with Crippen LogP contribution in [0.4, 0.5) is 30.5 Å². The first kappa shape index (κ1) is 19.6. The summed E-state index contributed by atoms with van der Waals surface area (Å²) in [6.07, 6.45) is 0.518. The van der Waals surface area contributed by atoms with Gasteiger partial charge in [0, 0.05) is 29.3 Å². The Hall–Kier alpha value is -2.72. The average Bonchev–Trinajstić information content (AvgIpc) is 3.12. The number of hydrogen-bond donors (Lipinski definition) is 3. The number of thiazole rings is 1. The van der Waals surface area contributed by atoms with Gasteiger partial charge in [-0.25, -0.2) is 15.0 Å². The molecule has 1 aliphatic rings. The zero-order valence-electron chi connectivity index (χ0n) is 15.4. The van der Waals surface area contributed by atoms with Gasteiger partial charge in [-0.05, 0) is 49.9 Å². The van der Waals surface area contributed by atoms with Crippen LogP contribution in [0.5, 0.6) is 0 Å². The van der Waals surface area contributed by atoms with E-state index < -0.39 is 17.5 Å². The maximum Gasteiger partial charge on any atom is 0.433 e. The summed E-state index contributed by atoms with van der Waals surface area (Å²) in [7, 11) is 0. The van der Waals surface area contributed by atoms with Crippen LogP contribution in [0.15, 0.2) is 30.6 Å². The molecule has 0 amide bonds. The lowest BCUT2D eigenvalue weighted by Crippen LogP contribution is -2.33. The van der Waals surface area contributed by atoms with Crippen LogP contribution in [0.25, 0.3) is 10.4 Å². The minimum Gasteiger partial charge on any atom is -0.398 e. The number of hydrogen-bond acceptors (Lipinski definition) is 7. The molecular weight excluding hydrogens is 403 g/mol. The summed E-state index contributed by atoms with van der Waals surface area (Å²) in [5, 5.41) is 14.0. The van der Waals surface area contributed by atoms with E-state index in [0.29, 0.717) is 29.2 Å². The van der Waals surface area contributed by atoms with Gasteiger partial charge in [-0.2, -0.15) is 13.2 Å². The molecule has 3 aromatic rings. The zero-order valence-corrected chi connectivity index (χ0v) is 16.2. The van der Waals surface area contributed by atoms with Gasteiger partial charge in [-0.1, -0.05) is 0 Å². The van der Waals surface area contributed by atoms with Crippen molar-refractivity contribution in [3.8, 4) is 10.4 Å². The molecule has 4 N–H and O–H groups in total. The van der Waals surface area contributed by atoms with Crippen LogP contribution in [0.1, 0.15) is 35.5 Å². The van der Waals surface area contributed by atoms with E-state index in [2.05, 4.69) is 20.3 Å². The zero-order chi connectivity index (χ0) is 20.8. The Labute approximate surface area is 168 Å². The molecule has 0 radical (unpaired) electrons. The van der Waals surface area contributed by atoms with Crippen molar-refractivity contribution in [2.24, 2.45) is 0 Å². The average molecular weight is 421 g/mol. The highest BCUT2D eigenvalue weighted by molar-refractivity contribution is 7.15. The molecule has 0 saturated heterocycles. The fraction of sp³-hybridized carbons (Fsp3) is 0.316. The summed E-state index contributed by atoms with van der Waals surface area (Å²) >= 11 is 1.39. The van der Waals surface area contributed by atoms with Crippen LogP contribution < -0.4 is 11.1 Å². The Kier molecular flexibility index (Phi) is 4.70. The molecule has 1 aromatic carbocycles. The summed E-state index contributed by atoms with van der Waals surface area (Å²) in [4.78, 5) is 12.6. The van der Waals surface area contributed by atoms with E-state index in [9.17, 15) is 18.3 Å². The van der Waals surface area contributed by atoms with Gasteiger partial charge in [0.1, 0.15) is 16.3 Å². The van der Waals surface area contributed by atoms with Crippen molar-refractivity contribution in [2.45, 2.75) is 38.0 Å². The predicted octanol–water partition coefficient (Wildman–Crippen LogP) is 4.62. The summed E-state index contributed by atoms with van der Waals surface area (Å²) in [6.45, 7) is 1.85. The lowest BCUT2D eigenvalue weighted by molar-refractivity contribution is -0.141. The molecule has 0 spiro atoms. The van der Waals surface area contributed by atoms with Crippen LogP contribution in [-0.4, -0.2) is 20.1 Å². The minimum absolute atomic E-state index is 0.178. The number of nitrogens with one attached hydrogen (secondary N) is 1. The van der Waals surface area contributed by atoms with E-state index in [1.807, 2.05) is 6.92 Å². The number of aliphatic hydroxyl groups is 1. The Bertz CT molecular complexity index is 1060. The van der Waals surface area contributed by atoms with Gasteiger partial charge < -0.3 is 16.2 Å². The van der Waals surface area contributed by atoms with Gasteiger partial charge in [0.15, 0.2) is 0 Å². The topological polar surface area (TPSA) is 97.0 Å². The van der Waals surface area contributed by atoms with Crippen molar-refractivity contribution in [2.75, 3.05) is 11.1 Å². The normalized spacial score (nSPS) is 15.8. The second-order valence-electron chi connectivity index (χ2n) is 7.04. The summed E-state index contributed by atoms with van der Waals surface area (Å²) in [5.41, 5.74) is 6.75. The molecule has 10 heteroatoms. The third-order valence-electron chi connectivity index (χ3n) is 5.00. The van der Waals surface area contributed by atoms with Crippen molar-refractivity contribution in [1.82, 2.24) is 15.0 Å². The third kappa shape index (κ3) is 3.77. The smallest absolute Gasteiger partial charge is 0.398 e. The van der Waals surface area contributed by atoms with E-state index in [4.69, 9.17) is 5.73 Å². The van der Waals surface area contributed by atoms with Crippen LogP contribution in [0.2, 0.25) is 0 Å². The molecule has 0 bridgehead atoms. The van der Waals surface area contributed by atoms with Gasteiger partial charge in [0.25, 0.3) is 0 Å². The number of anilines is 3. The Morgan fingerprint density at radius 2 is 2.00 bits per heavy atom. The summed E-state index contributed by atoms with van der Waals surface area (Å²) < 4.78 is 38.6. The molecule has 4 rings (SSSR count). The second-order valence-corrected chi connectivity index (χ2v) is 8.07. The second kappa shape index (κ2) is 6.96. The number of benzene rings is 1. The molecule has 29 heavy (non-hydrogen) atoms. The van der Waals surface area contributed by atoms with Gasteiger partial charge >= 0.3 is 6.18 Å². The van der Waals surface area contributed by atoms with Crippen molar-refractivity contribution in [3.63, 3.8) is 0 Å². The molecule has 1 fully saturated rings. The molecule has 6 nitrogen and oxygen atoms in total. The number of nitrogen functional groups attached to an aromatic ring is 1. The van der Waals surface area contributed by atoms with Crippen molar-refractivity contribution in [3.05, 3.63) is 46.9 Å². The van der Waals surface area contributed by atoms with Gasteiger partial charge in [-0.3, -0.25) is 0 Å². The fourth-order valence-corrected chi connectivity index (χ4v) is 4.25. The van der Waals surface area contributed by atoms with Crippen molar-refractivity contribution in [1.29, 1.82) is 0 Å². The number of rotatable bonds is 4. The minimum atomic E-state index is -4.56. The number of aromatic nitrogens is 3. The van der Waals surface area contributed by atoms with Crippen molar-refractivity contribution >= 4 is 28.7 Å². The predicted molar refractivity (Wildman–Crippen MR) is 105 cm³/mol. The molecule has 152 valence electrons. The van der Waals surface area contributed by atoms with E-state index in [-0.39, 0.29) is 5.95 Å². The highest BCUT2D eigenvalue weighted by Crippen LogP contribution is 2.45. The lowest BCUT2D eigenvalue weighted by Gasteiger charge is -2.34. The molecule has 0 aliphatic heterocycles. The largest absolute Gasteiger partial charge is 0.433 e. The van der Waals surface area contributed by atoms with Gasteiger partial charge in [-0.15, -0.1) is 11.3 Å². The Balaban J connectivity index is 1.66. The first-order valence-corrected chi connectivity index (χ1v) is 9.74. The molecule has 1 aliphatic carbocycles. The van der Waals surface area contributed by atoms with Gasteiger partial charge in [0.05, 0.1) is 4.88 Å². The molecule has 2 heterocycles. The highest BCUT2D eigenvalue weighted by atomic mass is 32.1. The number of nitrogens with zero attached hydrogens (tertiary/aromatic N) is 3. The molecule has 2 aromatic heterocycles. The quantitative estimate of drug-likeness (QED) is 0.532. The Morgan fingerprint density at radius 1 is 1.24 bits per heavy atom. The van der Waals surface area contributed by atoms with Crippen LogP contribution in [0.3, 0.4) is 0 Å². The van der Waals surface area contributed by atoms with E-state index in [1.165, 1.54) is 11.3 Å². The van der Waals surface area contributed by atoms with Crippen LogP contribution >= 0.6 is 11.3 Å². The molecule has 1 saturated carbocycles. The standard InChI is InChI=1S/C19H18F3N5OS/c1-10-12(14-9-25-16(29-14)18(28)4-2-5-18)7-11(8-13(10)23)26-17-24-6-3-15(27-17)19(20,21)22/h3,6-9,28H,2,4-5,23H2,1H3,(H,24,26,27). The molecular formula is C19H18F3N5OS. The first-order chi connectivity index (χ1) is 13.7. The molecule has 0 unspecified atom stereocenters. The fourth-order valence-electron chi connectivity index (χ4n) is 3.11. The number of nitrogens with two attached hydrogens (primary N) is 1. The van der Waals surface area contributed by atoms with Crippen LogP contribution in [-0.2, 0) is 11.8 Å². The van der Waals surface area contributed by atoms with Crippen LogP contribution in [0, 0.1) is 6.92 Å². The van der Waals surface area contributed by atoms with E-state index in [1.54, 1.807) is 18.3 Å². The number of halogens is 3. The summed E-state index contributed by atoms with van der Waals surface area (Å²) in [6, 6.07) is 4.19. The van der Waals surface area contributed by atoms with Crippen molar-refractivity contribution < 1.29 is 18.3 Å². The molecule has 0 atom stereocenters. The van der Waals surface area contributed by atoms with Gasteiger partial charge in [0.2, 0.25) is 5.95 Å². The highest BCUT2D eigenvalue weighted by Gasteiger charge is 2.39. The van der Waals surface area contributed by atoms with E-state index >= 15 is 0 Å². The summed E-state index contributed by atoms with van der Waals surface area (Å²) in [5.74, 6) is -0.178.